The van der Waals surface area contributed by atoms with Gasteiger partial charge in [0, 0.05) is 23.0 Å². The van der Waals surface area contributed by atoms with Crippen LogP contribution in [0.2, 0.25) is 0 Å². The Morgan fingerprint density at radius 3 is 2.88 bits per heavy atom. The third kappa shape index (κ3) is 3.08. The summed E-state index contributed by atoms with van der Waals surface area (Å²) in [6, 6.07) is 10.0. The third-order valence-corrected chi connectivity index (χ3v) is 3.69. The Labute approximate surface area is 106 Å². The fourth-order valence-corrected chi connectivity index (χ4v) is 2.45. The molecule has 1 aromatic heterocycles. The van der Waals surface area contributed by atoms with Crippen LogP contribution in [0, 0.1) is 6.92 Å². The highest BCUT2D eigenvalue weighted by Crippen LogP contribution is 2.25. The summed E-state index contributed by atoms with van der Waals surface area (Å²) in [4.78, 5) is 1.31. The minimum atomic E-state index is 0.150. The van der Waals surface area contributed by atoms with Crippen molar-refractivity contribution in [2.45, 2.75) is 26.4 Å². The molecular formula is C14H17NOS. The lowest BCUT2D eigenvalue weighted by Gasteiger charge is -2.15. The van der Waals surface area contributed by atoms with Gasteiger partial charge in [0.05, 0.1) is 0 Å². The van der Waals surface area contributed by atoms with Crippen LogP contribution in [0.25, 0.3) is 0 Å². The number of thiophene rings is 1. The zero-order valence-corrected chi connectivity index (χ0v) is 10.9. The molecule has 0 radical (unpaired) electrons. The highest BCUT2D eigenvalue weighted by atomic mass is 32.1. The maximum Gasteiger partial charge on any atom is 0.120 e. The largest absolute Gasteiger partial charge is 0.508 e. The van der Waals surface area contributed by atoms with Gasteiger partial charge in [-0.25, -0.2) is 0 Å². The monoisotopic (exact) mass is 247 g/mol. The Morgan fingerprint density at radius 2 is 2.18 bits per heavy atom. The van der Waals surface area contributed by atoms with Gasteiger partial charge in [0.2, 0.25) is 0 Å². The van der Waals surface area contributed by atoms with E-state index in [2.05, 4.69) is 29.8 Å². The second kappa shape index (κ2) is 5.34. The average Bonchev–Trinajstić information content (AvgIpc) is 2.82. The van der Waals surface area contributed by atoms with Crippen LogP contribution >= 0.6 is 11.3 Å². The maximum absolute atomic E-state index is 9.83. The van der Waals surface area contributed by atoms with Crippen LogP contribution in [0.15, 0.2) is 35.7 Å². The van der Waals surface area contributed by atoms with E-state index in [4.69, 9.17) is 0 Å². The molecule has 0 bridgehead atoms. The van der Waals surface area contributed by atoms with Gasteiger partial charge in [-0.15, -0.1) is 11.3 Å². The molecular weight excluding hydrogens is 230 g/mol. The van der Waals surface area contributed by atoms with Gasteiger partial charge in [0.15, 0.2) is 0 Å². The first kappa shape index (κ1) is 12.1. The molecule has 0 saturated heterocycles. The zero-order chi connectivity index (χ0) is 12.3. The van der Waals surface area contributed by atoms with Crippen LogP contribution in [-0.4, -0.2) is 5.11 Å². The summed E-state index contributed by atoms with van der Waals surface area (Å²) in [7, 11) is 0. The summed E-state index contributed by atoms with van der Waals surface area (Å²) in [5, 5.41) is 15.3. The van der Waals surface area contributed by atoms with Gasteiger partial charge in [-0.3, -0.25) is 0 Å². The zero-order valence-electron chi connectivity index (χ0n) is 10.1. The van der Waals surface area contributed by atoms with Crippen LogP contribution in [0.5, 0.6) is 5.75 Å². The van der Waals surface area contributed by atoms with Crippen molar-refractivity contribution >= 4 is 11.3 Å². The van der Waals surface area contributed by atoms with Crippen LogP contribution in [-0.2, 0) is 6.54 Å². The van der Waals surface area contributed by atoms with E-state index in [1.807, 2.05) is 19.1 Å². The van der Waals surface area contributed by atoms with Gasteiger partial charge in [0.25, 0.3) is 0 Å². The molecule has 1 aromatic carbocycles. The van der Waals surface area contributed by atoms with Gasteiger partial charge in [-0.1, -0.05) is 23.8 Å². The summed E-state index contributed by atoms with van der Waals surface area (Å²) in [6.45, 7) is 4.95. The van der Waals surface area contributed by atoms with Crippen LogP contribution in [0.4, 0.5) is 0 Å². The molecule has 2 nitrogen and oxygen atoms in total. The number of hydrogen-bond donors (Lipinski definition) is 2. The van der Waals surface area contributed by atoms with Crippen molar-refractivity contribution in [2.24, 2.45) is 0 Å². The Hall–Kier alpha value is -1.32. The van der Waals surface area contributed by atoms with Crippen molar-refractivity contribution in [3.63, 3.8) is 0 Å². The lowest BCUT2D eigenvalue weighted by molar-refractivity contribution is 0.452. The number of aromatic hydroxyl groups is 1. The molecule has 2 N–H and O–H groups in total. The van der Waals surface area contributed by atoms with E-state index in [1.54, 1.807) is 17.4 Å². The van der Waals surface area contributed by atoms with Crippen LogP contribution < -0.4 is 5.32 Å². The van der Waals surface area contributed by atoms with E-state index in [9.17, 15) is 5.11 Å². The Balaban J connectivity index is 2.04. The van der Waals surface area contributed by atoms with Gasteiger partial charge in [-0.2, -0.15) is 0 Å². The minimum absolute atomic E-state index is 0.150. The number of benzene rings is 1. The van der Waals surface area contributed by atoms with E-state index in [1.165, 1.54) is 10.4 Å². The predicted molar refractivity (Wildman–Crippen MR) is 72.4 cm³/mol. The number of phenols is 1. The standard InChI is InChI=1S/C14H17NOS/c1-10-5-6-14(16)13(8-10)11(2)15-9-12-4-3-7-17-12/h3-8,11,15-16H,9H2,1-2H3. The molecule has 1 unspecified atom stereocenters. The molecule has 0 aliphatic carbocycles. The summed E-state index contributed by atoms with van der Waals surface area (Å²) in [5.74, 6) is 0.363. The Kier molecular flexibility index (Phi) is 3.82. The molecule has 0 aliphatic heterocycles. The average molecular weight is 247 g/mol. The van der Waals surface area contributed by atoms with Crippen molar-refractivity contribution in [2.75, 3.05) is 0 Å². The van der Waals surface area contributed by atoms with Gasteiger partial charge in [0.1, 0.15) is 5.75 Å². The topological polar surface area (TPSA) is 32.3 Å². The Morgan fingerprint density at radius 1 is 1.35 bits per heavy atom. The van der Waals surface area contributed by atoms with E-state index < -0.39 is 0 Å². The van der Waals surface area contributed by atoms with Crippen molar-refractivity contribution in [1.29, 1.82) is 0 Å². The lowest BCUT2D eigenvalue weighted by Crippen LogP contribution is -2.17. The van der Waals surface area contributed by atoms with Crippen molar-refractivity contribution < 1.29 is 5.11 Å². The molecule has 2 aromatic rings. The molecule has 0 amide bonds. The molecule has 1 atom stereocenters. The molecule has 1 heterocycles. The van der Waals surface area contributed by atoms with Crippen molar-refractivity contribution in [1.82, 2.24) is 5.32 Å². The first-order valence-corrected chi connectivity index (χ1v) is 6.60. The fourth-order valence-electron chi connectivity index (χ4n) is 1.80. The predicted octanol–water partition coefficient (Wildman–Crippen LogP) is 3.61. The molecule has 3 heteroatoms. The van der Waals surface area contributed by atoms with E-state index >= 15 is 0 Å². The maximum atomic E-state index is 9.83. The molecule has 0 saturated carbocycles. The van der Waals surface area contributed by atoms with Crippen LogP contribution in [0.1, 0.15) is 29.0 Å². The quantitative estimate of drug-likeness (QED) is 0.865. The van der Waals surface area contributed by atoms with E-state index in [0.717, 1.165) is 12.1 Å². The molecule has 17 heavy (non-hydrogen) atoms. The number of rotatable bonds is 4. The molecule has 0 spiro atoms. The van der Waals surface area contributed by atoms with Gasteiger partial charge >= 0.3 is 0 Å². The highest BCUT2D eigenvalue weighted by molar-refractivity contribution is 7.09. The normalized spacial score (nSPS) is 12.6. The third-order valence-electron chi connectivity index (χ3n) is 2.81. The summed E-state index contributed by atoms with van der Waals surface area (Å²) in [5.41, 5.74) is 2.13. The molecule has 0 fully saturated rings. The second-order valence-corrected chi connectivity index (χ2v) is 5.28. The van der Waals surface area contributed by atoms with E-state index in [0.29, 0.717) is 5.75 Å². The minimum Gasteiger partial charge on any atom is -0.508 e. The summed E-state index contributed by atoms with van der Waals surface area (Å²) >= 11 is 1.74. The molecule has 90 valence electrons. The summed E-state index contributed by atoms with van der Waals surface area (Å²) < 4.78 is 0. The first-order valence-electron chi connectivity index (χ1n) is 5.72. The SMILES string of the molecule is Cc1ccc(O)c(C(C)NCc2cccs2)c1. The smallest absolute Gasteiger partial charge is 0.120 e. The fraction of sp³-hybridized carbons (Fsp3) is 0.286. The van der Waals surface area contributed by atoms with Crippen LogP contribution in [0.3, 0.4) is 0 Å². The molecule has 2 rings (SSSR count). The molecule has 0 aliphatic rings. The number of nitrogens with one attached hydrogen (secondary N) is 1. The van der Waals surface area contributed by atoms with Gasteiger partial charge in [-0.05, 0) is 31.4 Å². The summed E-state index contributed by atoms with van der Waals surface area (Å²) in [6.07, 6.45) is 0. The first-order chi connectivity index (χ1) is 8.16. The lowest BCUT2D eigenvalue weighted by atomic mass is 10.0. The number of phenolic OH excluding ortho intramolecular Hbond substituents is 1. The highest BCUT2D eigenvalue weighted by Gasteiger charge is 2.10. The van der Waals surface area contributed by atoms with E-state index in [-0.39, 0.29) is 6.04 Å². The van der Waals surface area contributed by atoms with Crippen molar-refractivity contribution in [3.8, 4) is 5.75 Å². The Bertz CT molecular complexity index is 479. The second-order valence-electron chi connectivity index (χ2n) is 4.24. The number of hydrogen-bond acceptors (Lipinski definition) is 3. The number of aryl methyl sites for hydroxylation is 1. The van der Waals surface area contributed by atoms with Crippen molar-refractivity contribution in [3.05, 3.63) is 51.7 Å². The van der Waals surface area contributed by atoms with Gasteiger partial charge < -0.3 is 10.4 Å².